The average molecular weight is 284 g/mol. The number of nitrogens with zero attached hydrogens (tertiary/aromatic N) is 1. The van der Waals surface area contributed by atoms with Crippen LogP contribution in [0.25, 0.3) is 0 Å². The molecule has 0 fully saturated rings. The largest absolute Gasteiger partial charge is 0.481 e. The second-order valence-electron chi connectivity index (χ2n) is 3.32. The van der Waals surface area contributed by atoms with E-state index in [0.29, 0.717) is 12.3 Å². The summed E-state index contributed by atoms with van der Waals surface area (Å²) in [4.78, 5) is 21.4. The van der Waals surface area contributed by atoms with Crippen LogP contribution < -0.4 is 5.32 Å². The van der Waals surface area contributed by atoms with Gasteiger partial charge in [-0.25, -0.2) is 8.42 Å². The lowest BCUT2D eigenvalue weighted by Crippen LogP contribution is -2.38. The minimum Gasteiger partial charge on any atom is -0.481 e. The van der Waals surface area contributed by atoms with Gasteiger partial charge in [-0.2, -0.15) is 4.31 Å². The number of hydrogen-bond acceptors (Lipinski definition) is 5. The van der Waals surface area contributed by atoms with E-state index in [-0.39, 0.29) is 12.3 Å². The number of carboxylic acid groups (broad SMARTS) is 1. The van der Waals surface area contributed by atoms with Crippen LogP contribution in [0, 0.1) is 0 Å². The Bertz CT molecular complexity index is 368. The SMILES string of the molecule is CN(CC(=O)NCCSCC(=O)O)S(C)(=O)=O. The molecular formula is C8H16N2O5S2. The van der Waals surface area contributed by atoms with E-state index in [2.05, 4.69) is 5.32 Å². The zero-order valence-corrected chi connectivity index (χ0v) is 11.3. The lowest BCUT2D eigenvalue weighted by atomic mass is 10.5. The van der Waals surface area contributed by atoms with Crippen molar-refractivity contribution in [3.63, 3.8) is 0 Å². The molecule has 0 rings (SSSR count). The molecule has 0 heterocycles. The van der Waals surface area contributed by atoms with Gasteiger partial charge >= 0.3 is 5.97 Å². The quantitative estimate of drug-likeness (QED) is 0.543. The smallest absolute Gasteiger partial charge is 0.313 e. The summed E-state index contributed by atoms with van der Waals surface area (Å²) in [5, 5.41) is 10.8. The number of amides is 1. The van der Waals surface area contributed by atoms with Crippen LogP contribution in [0.3, 0.4) is 0 Å². The van der Waals surface area contributed by atoms with E-state index >= 15 is 0 Å². The van der Waals surface area contributed by atoms with Crippen LogP contribution in [0.15, 0.2) is 0 Å². The molecule has 0 spiro atoms. The highest BCUT2D eigenvalue weighted by atomic mass is 32.2. The Hall–Kier alpha value is -0.800. The van der Waals surface area contributed by atoms with Crippen molar-refractivity contribution in [2.75, 3.05) is 37.9 Å². The fourth-order valence-electron chi connectivity index (χ4n) is 0.797. The summed E-state index contributed by atoms with van der Waals surface area (Å²) in [5.41, 5.74) is 0. The summed E-state index contributed by atoms with van der Waals surface area (Å²) in [7, 11) is -2.04. The van der Waals surface area contributed by atoms with Crippen molar-refractivity contribution >= 4 is 33.7 Å². The summed E-state index contributed by atoms with van der Waals surface area (Å²) in [6.45, 7) is 0.0802. The third-order valence-electron chi connectivity index (χ3n) is 1.73. The maximum atomic E-state index is 11.3. The zero-order valence-electron chi connectivity index (χ0n) is 9.67. The van der Waals surface area contributed by atoms with Crippen molar-refractivity contribution in [2.24, 2.45) is 0 Å². The summed E-state index contributed by atoms with van der Waals surface area (Å²) in [6.07, 6.45) is 1.02. The van der Waals surface area contributed by atoms with Crippen LogP contribution in [-0.4, -0.2) is 67.6 Å². The Labute approximate surface area is 105 Å². The molecule has 0 radical (unpaired) electrons. The van der Waals surface area contributed by atoms with Gasteiger partial charge in [-0.15, -0.1) is 11.8 Å². The van der Waals surface area contributed by atoms with Crippen LogP contribution in [-0.2, 0) is 19.6 Å². The Morgan fingerprint density at radius 3 is 2.47 bits per heavy atom. The fourth-order valence-corrected chi connectivity index (χ4v) is 1.71. The third kappa shape index (κ3) is 8.95. The Kier molecular flexibility index (Phi) is 7.16. The van der Waals surface area contributed by atoms with E-state index in [0.717, 1.165) is 10.6 Å². The van der Waals surface area contributed by atoms with Gasteiger partial charge in [0.1, 0.15) is 0 Å². The predicted molar refractivity (Wildman–Crippen MR) is 65.4 cm³/mol. The summed E-state index contributed by atoms with van der Waals surface area (Å²) in [5.74, 6) is -0.855. The predicted octanol–water partition coefficient (Wildman–Crippen LogP) is -1.19. The molecule has 0 bridgehead atoms. The molecule has 0 aromatic heterocycles. The van der Waals surface area contributed by atoms with Crippen molar-refractivity contribution in [3.05, 3.63) is 0 Å². The van der Waals surface area contributed by atoms with Crippen molar-refractivity contribution in [2.45, 2.75) is 0 Å². The van der Waals surface area contributed by atoms with Gasteiger partial charge in [0.15, 0.2) is 0 Å². The number of nitrogens with one attached hydrogen (secondary N) is 1. The minimum absolute atomic E-state index is 0.0148. The van der Waals surface area contributed by atoms with E-state index in [9.17, 15) is 18.0 Å². The molecule has 0 aliphatic carbocycles. The second kappa shape index (κ2) is 7.51. The molecule has 0 aromatic rings. The second-order valence-corrected chi connectivity index (χ2v) is 6.51. The molecule has 100 valence electrons. The summed E-state index contributed by atoms with van der Waals surface area (Å²) < 4.78 is 22.9. The number of aliphatic carboxylic acids is 1. The third-order valence-corrected chi connectivity index (χ3v) is 3.93. The molecule has 17 heavy (non-hydrogen) atoms. The molecule has 0 saturated heterocycles. The Balaban J connectivity index is 3.71. The molecule has 0 saturated carbocycles. The van der Waals surface area contributed by atoms with Crippen LogP contribution in [0.4, 0.5) is 0 Å². The molecule has 1 amide bonds. The highest BCUT2D eigenvalue weighted by Crippen LogP contribution is 1.97. The normalized spacial score (nSPS) is 11.5. The monoisotopic (exact) mass is 284 g/mol. The van der Waals surface area contributed by atoms with Crippen molar-refractivity contribution < 1.29 is 23.1 Å². The first-order valence-corrected chi connectivity index (χ1v) is 7.71. The van der Waals surface area contributed by atoms with Gasteiger partial charge < -0.3 is 10.4 Å². The van der Waals surface area contributed by atoms with Gasteiger partial charge in [0.05, 0.1) is 18.6 Å². The van der Waals surface area contributed by atoms with E-state index in [1.807, 2.05) is 0 Å². The fraction of sp³-hybridized carbons (Fsp3) is 0.750. The number of carbonyl (C=O) groups is 2. The van der Waals surface area contributed by atoms with E-state index in [1.165, 1.54) is 18.8 Å². The van der Waals surface area contributed by atoms with Gasteiger partial charge in [-0.3, -0.25) is 9.59 Å². The van der Waals surface area contributed by atoms with Crippen molar-refractivity contribution in [1.29, 1.82) is 0 Å². The molecule has 9 heteroatoms. The van der Waals surface area contributed by atoms with Gasteiger partial charge in [0, 0.05) is 19.3 Å². The molecule has 0 aliphatic heterocycles. The number of carbonyl (C=O) groups excluding carboxylic acids is 1. The number of likely N-dealkylation sites (N-methyl/N-ethyl adjacent to an activating group) is 1. The van der Waals surface area contributed by atoms with Crippen molar-refractivity contribution in [1.82, 2.24) is 9.62 Å². The van der Waals surface area contributed by atoms with Crippen LogP contribution in [0.2, 0.25) is 0 Å². The molecule has 0 aromatic carbocycles. The van der Waals surface area contributed by atoms with Crippen molar-refractivity contribution in [3.8, 4) is 0 Å². The average Bonchev–Trinajstić information content (AvgIpc) is 2.15. The molecule has 2 N–H and O–H groups in total. The highest BCUT2D eigenvalue weighted by Gasteiger charge is 2.14. The molecule has 7 nitrogen and oxygen atoms in total. The van der Waals surface area contributed by atoms with Gasteiger partial charge in [-0.1, -0.05) is 0 Å². The van der Waals surface area contributed by atoms with E-state index in [4.69, 9.17) is 5.11 Å². The van der Waals surface area contributed by atoms with E-state index in [1.54, 1.807) is 0 Å². The van der Waals surface area contributed by atoms with Crippen LogP contribution in [0.1, 0.15) is 0 Å². The highest BCUT2D eigenvalue weighted by molar-refractivity contribution is 7.99. The molecule has 0 atom stereocenters. The standard InChI is InChI=1S/C8H16N2O5S2/c1-10(17(2,14)15)5-7(11)9-3-4-16-6-8(12)13/h3-6H2,1-2H3,(H,9,11)(H,12,13). The first kappa shape index (κ1) is 16.2. The molecule has 0 aliphatic rings. The molecular weight excluding hydrogens is 268 g/mol. The van der Waals surface area contributed by atoms with Crippen LogP contribution >= 0.6 is 11.8 Å². The maximum Gasteiger partial charge on any atom is 0.313 e. The van der Waals surface area contributed by atoms with Crippen LogP contribution in [0.5, 0.6) is 0 Å². The number of thioether (sulfide) groups is 1. The first-order valence-electron chi connectivity index (χ1n) is 4.71. The van der Waals surface area contributed by atoms with E-state index < -0.39 is 21.9 Å². The topological polar surface area (TPSA) is 104 Å². The number of carboxylic acids is 1. The summed E-state index contributed by atoms with van der Waals surface area (Å²) >= 11 is 1.18. The Morgan fingerprint density at radius 2 is 2.00 bits per heavy atom. The first-order chi connectivity index (χ1) is 7.73. The zero-order chi connectivity index (χ0) is 13.5. The van der Waals surface area contributed by atoms with Gasteiger partial charge in [0.2, 0.25) is 15.9 Å². The molecule has 0 unspecified atom stereocenters. The number of hydrogen-bond donors (Lipinski definition) is 2. The number of sulfonamides is 1. The summed E-state index contributed by atoms with van der Waals surface area (Å²) in [6, 6.07) is 0. The van der Waals surface area contributed by atoms with Gasteiger partial charge in [0.25, 0.3) is 0 Å². The maximum absolute atomic E-state index is 11.3. The Morgan fingerprint density at radius 1 is 1.41 bits per heavy atom. The van der Waals surface area contributed by atoms with Gasteiger partial charge in [-0.05, 0) is 0 Å². The minimum atomic E-state index is -3.35. The lowest BCUT2D eigenvalue weighted by Gasteiger charge is -2.13. The number of rotatable bonds is 8. The lowest BCUT2D eigenvalue weighted by molar-refractivity contribution is -0.133.